The molecule has 27 heavy (non-hydrogen) atoms. The molecule has 0 aliphatic heterocycles. The summed E-state index contributed by atoms with van der Waals surface area (Å²) in [7, 11) is 4.22. The van der Waals surface area contributed by atoms with E-state index in [2.05, 4.69) is 24.3 Å². The van der Waals surface area contributed by atoms with Crippen LogP contribution in [0.3, 0.4) is 0 Å². The van der Waals surface area contributed by atoms with Crippen LogP contribution >= 0.6 is 23.8 Å². The second kappa shape index (κ2) is 10.2. The van der Waals surface area contributed by atoms with Crippen LogP contribution < -0.4 is 10.2 Å². The number of nitro benzene ring substituents is 1. The Balaban J connectivity index is 2.14. The van der Waals surface area contributed by atoms with Crippen molar-refractivity contribution in [3.05, 3.63) is 69.2 Å². The van der Waals surface area contributed by atoms with Gasteiger partial charge in [-0.15, -0.1) is 0 Å². The van der Waals surface area contributed by atoms with Crippen molar-refractivity contribution in [2.75, 3.05) is 32.5 Å². The van der Waals surface area contributed by atoms with Crippen molar-refractivity contribution in [3.63, 3.8) is 0 Å². The van der Waals surface area contributed by atoms with Crippen molar-refractivity contribution in [3.8, 4) is 0 Å². The van der Waals surface area contributed by atoms with Gasteiger partial charge in [-0.05, 0) is 23.8 Å². The van der Waals surface area contributed by atoms with E-state index in [1.165, 1.54) is 23.1 Å². The van der Waals surface area contributed by atoms with E-state index in [1.807, 2.05) is 30.3 Å². The van der Waals surface area contributed by atoms with Gasteiger partial charge in [-0.2, -0.15) is 0 Å². The smallest absolute Gasteiger partial charge is 0.271 e. The molecule has 2 aromatic rings. The third-order valence-electron chi connectivity index (χ3n) is 4.01. The molecule has 0 saturated heterocycles. The highest BCUT2D eigenvalue weighted by molar-refractivity contribution is 7.80. The molecule has 6 nitrogen and oxygen atoms in total. The number of benzene rings is 2. The van der Waals surface area contributed by atoms with Crippen LogP contribution in [0.15, 0.2) is 48.5 Å². The largest absolute Gasteiger partial charge is 0.344 e. The highest BCUT2D eigenvalue weighted by atomic mass is 35.5. The zero-order valence-electron chi connectivity index (χ0n) is 15.4. The normalized spacial score (nSPS) is 10.7. The summed E-state index contributed by atoms with van der Waals surface area (Å²) in [5.41, 5.74) is 1.55. The Kier molecular flexibility index (Phi) is 7.97. The van der Waals surface area contributed by atoms with Crippen LogP contribution in [0, 0.1) is 10.1 Å². The monoisotopic (exact) mass is 407 g/mol. The molecule has 0 fully saturated rings. The minimum Gasteiger partial charge on any atom is -0.344 e. The molecular weight excluding hydrogens is 384 g/mol. The minimum absolute atomic E-state index is 0.0319. The Labute approximate surface area is 169 Å². The Bertz CT molecular complexity index is 787. The van der Waals surface area contributed by atoms with Crippen LogP contribution in [0.25, 0.3) is 0 Å². The van der Waals surface area contributed by atoms with E-state index in [-0.39, 0.29) is 5.69 Å². The Hall–Kier alpha value is -2.22. The van der Waals surface area contributed by atoms with Gasteiger partial charge in [-0.3, -0.25) is 10.1 Å². The molecule has 8 heteroatoms. The maximum absolute atomic E-state index is 11.0. The average Bonchev–Trinajstić information content (AvgIpc) is 2.63. The van der Waals surface area contributed by atoms with Gasteiger partial charge in [0, 0.05) is 31.6 Å². The molecule has 0 spiro atoms. The van der Waals surface area contributed by atoms with E-state index in [0.29, 0.717) is 22.4 Å². The molecule has 0 saturated carbocycles. The predicted molar refractivity (Wildman–Crippen MR) is 113 cm³/mol. The number of hydrogen-bond donors (Lipinski definition) is 2. The third kappa shape index (κ3) is 6.78. The number of nitrogens with zero attached hydrogens (tertiary/aromatic N) is 2. The Morgan fingerprint density at radius 3 is 2.59 bits per heavy atom. The quantitative estimate of drug-likeness (QED) is 0.400. The highest BCUT2D eigenvalue weighted by Gasteiger charge is 2.15. The van der Waals surface area contributed by atoms with Gasteiger partial charge in [0.25, 0.3) is 5.69 Å². The molecule has 0 atom stereocenters. The summed E-state index contributed by atoms with van der Waals surface area (Å²) >= 11 is 11.8. The van der Waals surface area contributed by atoms with Gasteiger partial charge in [-0.1, -0.05) is 41.9 Å². The zero-order chi connectivity index (χ0) is 19.8. The summed E-state index contributed by atoms with van der Waals surface area (Å²) in [4.78, 5) is 14.0. The number of halogens is 1. The molecule has 144 valence electrons. The van der Waals surface area contributed by atoms with Crippen molar-refractivity contribution in [1.29, 1.82) is 0 Å². The number of thiocarbonyl (C=S) groups is 1. The van der Waals surface area contributed by atoms with E-state index in [1.54, 1.807) is 0 Å². The third-order valence-corrected chi connectivity index (χ3v) is 4.70. The summed E-state index contributed by atoms with van der Waals surface area (Å²) in [6.45, 7) is 2.45. The lowest BCUT2D eigenvalue weighted by atomic mass is 10.2. The first-order valence-electron chi connectivity index (χ1n) is 8.69. The number of nitrogens with one attached hydrogen (secondary N) is 2. The topological polar surface area (TPSA) is 62.8 Å². The highest BCUT2D eigenvalue weighted by Crippen LogP contribution is 2.27. The van der Waals surface area contributed by atoms with Crippen molar-refractivity contribution < 1.29 is 9.82 Å². The second-order valence-electron chi connectivity index (χ2n) is 6.57. The standard InChI is InChI=1S/C19H23ClN4O2S/c1-22(2)11-6-12-23(14-15-7-4-3-5-8-15)19(27)21-18-13-16(24(25)26)9-10-17(18)20/h3-5,7-10,13H,6,11-12,14H2,1-2H3,(H,21,27)/p+1. The van der Waals surface area contributed by atoms with Crippen molar-refractivity contribution in [1.82, 2.24) is 4.90 Å². The molecule has 2 N–H and O–H groups in total. The molecule has 0 bridgehead atoms. The first kappa shape index (κ1) is 21.1. The Morgan fingerprint density at radius 2 is 1.96 bits per heavy atom. The summed E-state index contributed by atoms with van der Waals surface area (Å²) in [6.07, 6.45) is 0.972. The molecule has 0 amide bonds. The molecule has 2 rings (SSSR count). The number of nitro groups is 1. The second-order valence-corrected chi connectivity index (χ2v) is 7.36. The number of rotatable bonds is 8. The van der Waals surface area contributed by atoms with Gasteiger partial charge < -0.3 is 15.1 Å². The number of non-ortho nitro benzene ring substituents is 1. The van der Waals surface area contributed by atoms with E-state index in [4.69, 9.17) is 23.8 Å². The van der Waals surface area contributed by atoms with E-state index >= 15 is 0 Å². The van der Waals surface area contributed by atoms with Gasteiger partial charge in [0.2, 0.25) is 0 Å². The number of hydrogen-bond acceptors (Lipinski definition) is 3. The van der Waals surface area contributed by atoms with Crippen LogP contribution in [-0.2, 0) is 6.54 Å². The number of quaternary nitrogens is 1. The molecule has 0 aliphatic rings. The van der Waals surface area contributed by atoms with Gasteiger partial charge in [-0.25, -0.2) is 0 Å². The van der Waals surface area contributed by atoms with Gasteiger partial charge in [0.05, 0.1) is 36.3 Å². The molecule has 2 aromatic carbocycles. The maximum Gasteiger partial charge on any atom is 0.271 e. The fourth-order valence-electron chi connectivity index (χ4n) is 2.60. The van der Waals surface area contributed by atoms with Crippen LogP contribution in [0.4, 0.5) is 11.4 Å². The number of anilines is 1. The molecule has 0 unspecified atom stereocenters. The van der Waals surface area contributed by atoms with Crippen molar-refractivity contribution >= 4 is 40.3 Å². The SMILES string of the molecule is C[NH+](C)CCCN(Cc1ccccc1)C(=S)Nc1cc([N+](=O)[O-])ccc1Cl. The fourth-order valence-corrected chi connectivity index (χ4v) is 3.03. The summed E-state index contributed by atoms with van der Waals surface area (Å²) in [6, 6.07) is 14.3. The average molecular weight is 408 g/mol. The van der Waals surface area contributed by atoms with E-state index in [9.17, 15) is 10.1 Å². The van der Waals surface area contributed by atoms with Crippen molar-refractivity contribution in [2.45, 2.75) is 13.0 Å². The maximum atomic E-state index is 11.0. The lowest BCUT2D eigenvalue weighted by molar-refractivity contribution is -0.858. The van der Waals surface area contributed by atoms with Gasteiger partial charge in [0.15, 0.2) is 5.11 Å². The van der Waals surface area contributed by atoms with Gasteiger partial charge in [0.1, 0.15) is 0 Å². The Morgan fingerprint density at radius 1 is 1.26 bits per heavy atom. The van der Waals surface area contributed by atoms with E-state index in [0.717, 1.165) is 25.1 Å². The first-order chi connectivity index (χ1) is 12.9. The molecule has 0 aliphatic carbocycles. The predicted octanol–water partition coefficient (Wildman–Crippen LogP) is 2.98. The van der Waals surface area contributed by atoms with Crippen LogP contribution in [0.1, 0.15) is 12.0 Å². The lowest BCUT2D eigenvalue weighted by Crippen LogP contribution is -3.05. The van der Waals surface area contributed by atoms with Crippen molar-refractivity contribution in [2.24, 2.45) is 0 Å². The lowest BCUT2D eigenvalue weighted by Gasteiger charge is -2.26. The molecule has 0 aromatic heterocycles. The van der Waals surface area contributed by atoms with E-state index < -0.39 is 4.92 Å². The first-order valence-corrected chi connectivity index (χ1v) is 9.48. The van der Waals surface area contributed by atoms with Crippen LogP contribution in [0.2, 0.25) is 5.02 Å². The van der Waals surface area contributed by atoms with Crippen LogP contribution in [0.5, 0.6) is 0 Å². The summed E-state index contributed by atoms with van der Waals surface area (Å²) in [5.74, 6) is 0. The molecular formula is C19H24ClN4O2S+. The zero-order valence-corrected chi connectivity index (χ0v) is 17.0. The van der Waals surface area contributed by atoms with Crippen LogP contribution in [-0.4, -0.2) is 42.1 Å². The molecule has 0 radical (unpaired) electrons. The minimum atomic E-state index is -0.452. The summed E-state index contributed by atoms with van der Waals surface area (Å²) < 4.78 is 0. The molecule has 0 heterocycles. The summed E-state index contributed by atoms with van der Waals surface area (Å²) in [5, 5.41) is 15.0. The van der Waals surface area contributed by atoms with Gasteiger partial charge >= 0.3 is 0 Å². The fraction of sp³-hybridized carbons (Fsp3) is 0.316.